The average molecular weight is 379 g/mol. The number of nitrogens with one attached hydrogen (secondary N) is 3. The number of aryl methyl sites for hydroxylation is 1. The third-order valence-corrected chi connectivity index (χ3v) is 4.89. The molecule has 1 aromatic heterocycles. The lowest BCUT2D eigenvalue weighted by Gasteiger charge is -2.12. The summed E-state index contributed by atoms with van der Waals surface area (Å²) in [6.45, 7) is 2.65. The fourth-order valence-electron chi connectivity index (χ4n) is 2.52. The smallest absolute Gasteiger partial charge is 0.255 e. The summed E-state index contributed by atoms with van der Waals surface area (Å²) in [6, 6.07) is 18.6. The van der Waals surface area contributed by atoms with Crippen molar-refractivity contribution in [3.63, 3.8) is 0 Å². The highest BCUT2D eigenvalue weighted by Crippen LogP contribution is 2.20. The molecule has 1 heterocycles. The number of carbonyl (C=O) groups excluding carboxylic acids is 2. The molecule has 3 aromatic rings. The van der Waals surface area contributed by atoms with Crippen LogP contribution in [-0.4, -0.2) is 18.4 Å². The van der Waals surface area contributed by atoms with Crippen molar-refractivity contribution in [1.29, 1.82) is 0 Å². The first-order valence-corrected chi connectivity index (χ1v) is 9.50. The van der Waals surface area contributed by atoms with Gasteiger partial charge in [-0.15, -0.1) is 11.3 Å². The Bertz CT molecular complexity index is 908. The highest BCUT2D eigenvalue weighted by atomic mass is 32.1. The van der Waals surface area contributed by atoms with Crippen LogP contribution in [0.25, 0.3) is 0 Å². The number of carbonyl (C=O) groups is 2. The summed E-state index contributed by atoms with van der Waals surface area (Å²) in [7, 11) is 0. The number of anilines is 2. The predicted molar refractivity (Wildman–Crippen MR) is 110 cm³/mol. The minimum Gasteiger partial charge on any atom is -0.376 e. The Hall–Kier alpha value is -3.12. The molecule has 0 fully saturated rings. The standard InChI is InChI=1S/C21H21N3O2S/c1-15-9-10-17(24-21(26)16-6-3-2-4-7-16)12-19(15)22-14-20(25)23-13-18-8-5-11-27-18/h2-12,22H,13-14H2,1H3,(H,23,25)(H,24,26). The zero-order valence-electron chi connectivity index (χ0n) is 15.0. The maximum atomic E-state index is 12.3. The Labute approximate surface area is 162 Å². The normalized spacial score (nSPS) is 10.3. The monoisotopic (exact) mass is 379 g/mol. The van der Waals surface area contributed by atoms with Crippen molar-refractivity contribution in [3.8, 4) is 0 Å². The molecule has 3 rings (SSSR count). The fourth-order valence-corrected chi connectivity index (χ4v) is 3.16. The molecule has 0 atom stereocenters. The number of thiophene rings is 1. The van der Waals surface area contributed by atoms with Crippen molar-refractivity contribution in [2.24, 2.45) is 0 Å². The Morgan fingerprint density at radius 3 is 2.56 bits per heavy atom. The van der Waals surface area contributed by atoms with E-state index in [2.05, 4.69) is 16.0 Å². The fraction of sp³-hybridized carbons (Fsp3) is 0.143. The van der Waals surface area contributed by atoms with Crippen LogP contribution in [0.2, 0.25) is 0 Å². The van der Waals surface area contributed by atoms with E-state index in [1.54, 1.807) is 23.5 Å². The van der Waals surface area contributed by atoms with Crippen LogP contribution in [0, 0.1) is 6.92 Å². The van der Waals surface area contributed by atoms with E-state index in [0.29, 0.717) is 17.8 Å². The molecule has 2 amide bonds. The first-order valence-electron chi connectivity index (χ1n) is 8.62. The number of hydrogen-bond donors (Lipinski definition) is 3. The maximum Gasteiger partial charge on any atom is 0.255 e. The topological polar surface area (TPSA) is 70.2 Å². The van der Waals surface area contributed by atoms with Gasteiger partial charge in [0.05, 0.1) is 13.1 Å². The van der Waals surface area contributed by atoms with Gasteiger partial charge in [0, 0.05) is 21.8 Å². The molecule has 6 heteroatoms. The van der Waals surface area contributed by atoms with E-state index in [4.69, 9.17) is 0 Å². The molecule has 0 spiro atoms. The molecule has 0 aliphatic heterocycles. The van der Waals surface area contributed by atoms with E-state index in [1.807, 2.05) is 60.8 Å². The lowest BCUT2D eigenvalue weighted by molar-refractivity contribution is -0.119. The third-order valence-electron chi connectivity index (χ3n) is 4.01. The van der Waals surface area contributed by atoms with Gasteiger partial charge >= 0.3 is 0 Å². The minimum absolute atomic E-state index is 0.0819. The van der Waals surface area contributed by atoms with Gasteiger partial charge in [-0.3, -0.25) is 9.59 Å². The Kier molecular flexibility index (Phi) is 6.22. The SMILES string of the molecule is Cc1ccc(NC(=O)c2ccccc2)cc1NCC(=O)NCc1cccs1. The van der Waals surface area contributed by atoms with E-state index in [9.17, 15) is 9.59 Å². The van der Waals surface area contributed by atoms with E-state index < -0.39 is 0 Å². The first kappa shape index (κ1) is 18.7. The molecule has 0 bridgehead atoms. The Morgan fingerprint density at radius 1 is 1.00 bits per heavy atom. The summed E-state index contributed by atoms with van der Waals surface area (Å²) in [6.07, 6.45) is 0. The van der Waals surface area contributed by atoms with Gasteiger partial charge in [0.15, 0.2) is 0 Å². The maximum absolute atomic E-state index is 12.3. The number of amides is 2. The largest absolute Gasteiger partial charge is 0.376 e. The summed E-state index contributed by atoms with van der Waals surface area (Å²) < 4.78 is 0. The van der Waals surface area contributed by atoms with Gasteiger partial charge in [-0.1, -0.05) is 30.3 Å². The summed E-state index contributed by atoms with van der Waals surface area (Å²) in [4.78, 5) is 25.4. The third kappa shape index (κ3) is 5.43. The summed E-state index contributed by atoms with van der Waals surface area (Å²) >= 11 is 1.61. The molecule has 0 radical (unpaired) electrons. The molecular formula is C21H21N3O2S. The minimum atomic E-state index is -0.168. The second-order valence-corrected chi connectivity index (χ2v) is 7.09. The molecule has 138 valence electrons. The predicted octanol–water partition coefficient (Wildman–Crippen LogP) is 4.04. The number of hydrogen-bond acceptors (Lipinski definition) is 4. The Balaban J connectivity index is 1.56. The average Bonchev–Trinajstić information content (AvgIpc) is 3.21. The van der Waals surface area contributed by atoms with E-state index >= 15 is 0 Å². The van der Waals surface area contributed by atoms with Gasteiger partial charge in [0.2, 0.25) is 5.91 Å². The summed E-state index contributed by atoms with van der Waals surface area (Å²) in [5.74, 6) is -0.249. The van der Waals surface area contributed by atoms with Crippen molar-refractivity contribution in [2.45, 2.75) is 13.5 Å². The molecule has 3 N–H and O–H groups in total. The van der Waals surface area contributed by atoms with Crippen LogP contribution in [-0.2, 0) is 11.3 Å². The van der Waals surface area contributed by atoms with Gasteiger partial charge in [-0.05, 0) is 48.2 Å². The van der Waals surface area contributed by atoms with Crippen molar-refractivity contribution in [2.75, 3.05) is 17.2 Å². The molecule has 5 nitrogen and oxygen atoms in total. The molecule has 0 saturated carbocycles. The zero-order valence-corrected chi connectivity index (χ0v) is 15.8. The van der Waals surface area contributed by atoms with Crippen molar-refractivity contribution in [1.82, 2.24) is 5.32 Å². The van der Waals surface area contributed by atoms with Crippen molar-refractivity contribution in [3.05, 3.63) is 82.0 Å². The van der Waals surface area contributed by atoms with Gasteiger partial charge in [0.25, 0.3) is 5.91 Å². The van der Waals surface area contributed by atoms with Gasteiger partial charge in [0.1, 0.15) is 0 Å². The van der Waals surface area contributed by atoms with Crippen LogP contribution in [0.1, 0.15) is 20.8 Å². The lowest BCUT2D eigenvalue weighted by Crippen LogP contribution is -2.29. The van der Waals surface area contributed by atoms with Crippen LogP contribution < -0.4 is 16.0 Å². The molecule has 27 heavy (non-hydrogen) atoms. The van der Waals surface area contributed by atoms with Crippen molar-refractivity contribution >= 4 is 34.5 Å². The molecular weight excluding hydrogens is 358 g/mol. The van der Waals surface area contributed by atoms with E-state index in [-0.39, 0.29) is 18.4 Å². The Morgan fingerprint density at radius 2 is 1.81 bits per heavy atom. The van der Waals surface area contributed by atoms with Crippen LogP contribution in [0.5, 0.6) is 0 Å². The second-order valence-electron chi connectivity index (χ2n) is 6.06. The van der Waals surface area contributed by atoms with Gasteiger partial charge in [-0.25, -0.2) is 0 Å². The molecule has 0 saturated heterocycles. The molecule has 0 unspecified atom stereocenters. The highest BCUT2D eigenvalue weighted by molar-refractivity contribution is 7.09. The van der Waals surface area contributed by atoms with Gasteiger partial charge in [-0.2, -0.15) is 0 Å². The van der Waals surface area contributed by atoms with Crippen LogP contribution in [0.3, 0.4) is 0 Å². The molecule has 2 aromatic carbocycles. The zero-order chi connectivity index (χ0) is 19.1. The summed E-state index contributed by atoms with van der Waals surface area (Å²) in [5.41, 5.74) is 3.09. The quantitative estimate of drug-likeness (QED) is 0.580. The van der Waals surface area contributed by atoms with Crippen LogP contribution in [0.15, 0.2) is 66.0 Å². The van der Waals surface area contributed by atoms with Crippen LogP contribution >= 0.6 is 11.3 Å². The summed E-state index contributed by atoms with van der Waals surface area (Å²) in [5, 5.41) is 10.9. The van der Waals surface area contributed by atoms with Crippen LogP contribution in [0.4, 0.5) is 11.4 Å². The first-order chi connectivity index (χ1) is 13.1. The highest BCUT2D eigenvalue weighted by Gasteiger charge is 2.08. The van der Waals surface area contributed by atoms with E-state index in [0.717, 1.165) is 16.1 Å². The molecule has 0 aliphatic carbocycles. The second kappa shape index (κ2) is 9.00. The number of rotatable bonds is 7. The van der Waals surface area contributed by atoms with Gasteiger partial charge < -0.3 is 16.0 Å². The lowest BCUT2D eigenvalue weighted by atomic mass is 10.1. The molecule has 0 aliphatic rings. The number of benzene rings is 2. The van der Waals surface area contributed by atoms with E-state index in [1.165, 1.54) is 0 Å². The van der Waals surface area contributed by atoms with Crippen molar-refractivity contribution < 1.29 is 9.59 Å².